The molecule has 1 aromatic rings. The highest BCUT2D eigenvalue weighted by atomic mass is 16.6. The molecule has 1 unspecified atom stereocenters. The molecule has 2 rings (SSSR count). The Morgan fingerprint density at radius 2 is 2.05 bits per heavy atom. The highest BCUT2D eigenvalue weighted by Crippen LogP contribution is 2.13. The van der Waals surface area contributed by atoms with Crippen molar-refractivity contribution < 1.29 is 24.2 Å². The van der Waals surface area contributed by atoms with Crippen LogP contribution in [-0.2, 0) is 20.7 Å². The van der Waals surface area contributed by atoms with Crippen LogP contribution in [0.25, 0.3) is 0 Å². The maximum atomic E-state index is 11.4. The standard InChI is InChI=1S/C14H14N2O5/c17-12(5-6-13(18)19)15-10-3-1-9(2-4-10)7-11-8-21-14(20)16-11/h1-6,11H,7-8H2,(H,15,17)(H,16,20)(H,18,19)/b6-5+. The number of alkyl carbamates (subject to hydrolysis) is 1. The largest absolute Gasteiger partial charge is 0.478 e. The summed E-state index contributed by atoms with van der Waals surface area (Å²) in [5, 5.41) is 13.6. The minimum absolute atomic E-state index is 0.0450. The second-order valence-electron chi connectivity index (χ2n) is 4.50. The van der Waals surface area contributed by atoms with E-state index in [1.165, 1.54) is 0 Å². The van der Waals surface area contributed by atoms with Crippen molar-refractivity contribution in [1.82, 2.24) is 5.32 Å². The Hall–Kier alpha value is -2.83. The molecule has 0 bridgehead atoms. The average Bonchev–Trinajstić information content (AvgIpc) is 2.84. The van der Waals surface area contributed by atoms with Gasteiger partial charge in [-0.05, 0) is 24.1 Å². The summed E-state index contributed by atoms with van der Waals surface area (Å²) >= 11 is 0. The van der Waals surface area contributed by atoms with E-state index in [2.05, 4.69) is 10.6 Å². The van der Waals surface area contributed by atoms with E-state index in [1.54, 1.807) is 12.1 Å². The summed E-state index contributed by atoms with van der Waals surface area (Å²) < 4.78 is 4.80. The van der Waals surface area contributed by atoms with E-state index >= 15 is 0 Å². The number of carboxylic acid groups (broad SMARTS) is 1. The van der Waals surface area contributed by atoms with Crippen molar-refractivity contribution in [3.05, 3.63) is 42.0 Å². The first-order valence-corrected chi connectivity index (χ1v) is 6.27. The van der Waals surface area contributed by atoms with Crippen LogP contribution in [0.2, 0.25) is 0 Å². The van der Waals surface area contributed by atoms with Crippen LogP contribution in [0.3, 0.4) is 0 Å². The zero-order valence-corrected chi connectivity index (χ0v) is 11.0. The first-order chi connectivity index (χ1) is 10.0. The fraction of sp³-hybridized carbons (Fsp3) is 0.214. The third kappa shape index (κ3) is 4.64. The molecule has 21 heavy (non-hydrogen) atoms. The average molecular weight is 290 g/mol. The molecule has 1 aliphatic heterocycles. The SMILES string of the molecule is O=C(O)/C=C/C(=O)Nc1ccc(CC2COC(=O)N2)cc1. The molecule has 0 aliphatic carbocycles. The van der Waals surface area contributed by atoms with Gasteiger partial charge in [-0.25, -0.2) is 9.59 Å². The van der Waals surface area contributed by atoms with Crippen molar-refractivity contribution in [3.8, 4) is 0 Å². The number of aliphatic carboxylic acids is 1. The van der Waals surface area contributed by atoms with Gasteiger partial charge in [0.15, 0.2) is 0 Å². The lowest BCUT2D eigenvalue weighted by Crippen LogP contribution is -2.28. The molecular weight excluding hydrogens is 276 g/mol. The number of hydrogen-bond donors (Lipinski definition) is 3. The van der Waals surface area contributed by atoms with Crippen molar-refractivity contribution in [3.63, 3.8) is 0 Å². The third-order valence-electron chi connectivity index (χ3n) is 2.82. The Bertz CT molecular complexity index is 580. The van der Waals surface area contributed by atoms with Gasteiger partial charge in [-0.2, -0.15) is 0 Å². The van der Waals surface area contributed by atoms with Crippen LogP contribution in [0.1, 0.15) is 5.56 Å². The first kappa shape index (κ1) is 14.6. The summed E-state index contributed by atoms with van der Waals surface area (Å²) in [7, 11) is 0. The van der Waals surface area contributed by atoms with E-state index in [0.717, 1.165) is 17.7 Å². The van der Waals surface area contributed by atoms with Gasteiger partial charge in [-0.1, -0.05) is 12.1 Å². The number of cyclic esters (lactones) is 1. The van der Waals surface area contributed by atoms with Crippen molar-refractivity contribution in [2.45, 2.75) is 12.5 Å². The van der Waals surface area contributed by atoms with E-state index in [4.69, 9.17) is 9.84 Å². The topological polar surface area (TPSA) is 105 Å². The molecule has 3 N–H and O–H groups in total. The van der Waals surface area contributed by atoms with Crippen LogP contribution >= 0.6 is 0 Å². The highest BCUT2D eigenvalue weighted by Gasteiger charge is 2.21. The number of amides is 2. The minimum atomic E-state index is -1.18. The number of hydrogen-bond acceptors (Lipinski definition) is 4. The van der Waals surface area contributed by atoms with Gasteiger partial charge in [-0.15, -0.1) is 0 Å². The van der Waals surface area contributed by atoms with Crippen molar-refractivity contribution >= 4 is 23.7 Å². The van der Waals surface area contributed by atoms with Crippen molar-refractivity contribution in [1.29, 1.82) is 0 Å². The maximum Gasteiger partial charge on any atom is 0.407 e. The molecule has 1 aliphatic rings. The zero-order chi connectivity index (χ0) is 15.2. The van der Waals surface area contributed by atoms with Crippen LogP contribution in [0.5, 0.6) is 0 Å². The number of anilines is 1. The molecule has 1 aromatic carbocycles. The van der Waals surface area contributed by atoms with Gasteiger partial charge in [0.2, 0.25) is 5.91 Å². The molecule has 0 aromatic heterocycles. The van der Waals surface area contributed by atoms with Gasteiger partial charge in [-0.3, -0.25) is 4.79 Å². The third-order valence-corrected chi connectivity index (χ3v) is 2.82. The summed E-state index contributed by atoms with van der Waals surface area (Å²) in [4.78, 5) is 32.6. The van der Waals surface area contributed by atoms with Gasteiger partial charge < -0.3 is 20.5 Å². The molecule has 7 nitrogen and oxygen atoms in total. The molecule has 1 atom stereocenters. The molecule has 1 heterocycles. The number of rotatable bonds is 5. The molecule has 1 saturated heterocycles. The van der Waals surface area contributed by atoms with Crippen LogP contribution in [0.15, 0.2) is 36.4 Å². The lowest BCUT2D eigenvalue weighted by molar-refractivity contribution is -0.131. The minimum Gasteiger partial charge on any atom is -0.478 e. The van der Waals surface area contributed by atoms with E-state index in [0.29, 0.717) is 18.7 Å². The molecular formula is C14H14N2O5. The summed E-state index contributed by atoms with van der Waals surface area (Å²) in [6, 6.07) is 7.01. The number of nitrogens with one attached hydrogen (secondary N) is 2. The van der Waals surface area contributed by atoms with E-state index in [1.807, 2.05) is 12.1 Å². The van der Waals surface area contributed by atoms with Crippen LogP contribution in [0, 0.1) is 0 Å². The quantitative estimate of drug-likeness (QED) is 0.699. The number of carbonyl (C=O) groups is 3. The lowest BCUT2D eigenvalue weighted by Gasteiger charge is -2.08. The van der Waals surface area contributed by atoms with Gasteiger partial charge >= 0.3 is 12.1 Å². The van der Waals surface area contributed by atoms with Gasteiger partial charge in [0.1, 0.15) is 6.61 Å². The molecule has 110 valence electrons. The molecule has 7 heteroatoms. The second-order valence-corrected chi connectivity index (χ2v) is 4.50. The van der Waals surface area contributed by atoms with Gasteiger partial charge in [0.25, 0.3) is 0 Å². The Labute approximate surface area is 120 Å². The Morgan fingerprint density at radius 3 is 2.62 bits per heavy atom. The smallest absolute Gasteiger partial charge is 0.407 e. The Kier molecular flexibility index (Phi) is 4.55. The lowest BCUT2D eigenvalue weighted by atomic mass is 10.1. The predicted octanol–water partition coefficient (Wildman–Crippen LogP) is 0.917. The summed E-state index contributed by atoms with van der Waals surface area (Å²) in [5.41, 5.74) is 1.55. The summed E-state index contributed by atoms with van der Waals surface area (Å²) in [5.74, 6) is -1.69. The highest BCUT2D eigenvalue weighted by molar-refractivity contribution is 6.02. The summed E-state index contributed by atoms with van der Waals surface area (Å²) in [6.45, 7) is 0.345. The van der Waals surface area contributed by atoms with Crippen molar-refractivity contribution in [2.24, 2.45) is 0 Å². The number of carbonyl (C=O) groups excluding carboxylic acids is 2. The maximum absolute atomic E-state index is 11.4. The fourth-order valence-corrected chi connectivity index (χ4v) is 1.88. The predicted molar refractivity (Wildman–Crippen MR) is 73.8 cm³/mol. The molecule has 0 saturated carbocycles. The van der Waals surface area contributed by atoms with E-state index < -0.39 is 18.0 Å². The van der Waals surface area contributed by atoms with Gasteiger partial charge in [0, 0.05) is 17.8 Å². The van der Waals surface area contributed by atoms with Crippen molar-refractivity contribution in [2.75, 3.05) is 11.9 Å². The monoisotopic (exact) mass is 290 g/mol. The molecule has 0 spiro atoms. The first-order valence-electron chi connectivity index (χ1n) is 6.27. The Balaban J connectivity index is 1.88. The van der Waals surface area contributed by atoms with Crippen LogP contribution < -0.4 is 10.6 Å². The molecule has 1 fully saturated rings. The van der Waals surface area contributed by atoms with Crippen LogP contribution in [0.4, 0.5) is 10.5 Å². The number of benzene rings is 1. The summed E-state index contributed by atoms with van der Waals surface area (Å²) in [6.07, 6.45) is 1.95. The number of ether oxygens (including phenoxy) is 1. The normalized spacial score (nSPS) is 17.3. The van der Waals surface area contributed by atoms with Crippen LogP contribution in [-0.4, -0.2) is 35.7 Å². The van der Waals surface area contributed by atoms with E-state index in [-0.39, 0.29) is 6.04 Å². The molecule has 2 amide bonds. The van der Waals surface area contributed by atoms with Gasteiger partial charge in [0.05, 0.1) is 6.04 Å². The zero-order valence-electron chi connectivity index (χ0n) is 11.0. The second kappa shape index (κ2) is 6.56. The fourth-order valence-electron chi connectivity index (χ4n) is 1.88. The van der Waals surface area contributed by atoms with E-state index in [9.17, 15) is 14.4 Å². The molecule has 0 radical (unpaired) electrons. The Morgan fingerprint density at radius 1 is 1.33 bits per heavy atom. The number of carboxylic acids is 1.